The third-order valence-electron chi connectivity index (χ3n) is 3.05. The first-order valence-corrected chi connectivity index (χ1v) is 7.31. The first kappa shape index (κ1) is 17.0. The SMILES string of the molecule is Cc1ccc(NC(=O)/C=C\c2ccc(Cl)cc2Cl)cc1[N+](=O)[O-]. The molecule has 0 aromatic heterocycles. The van der Waals surface area contributed by atoms with Crippen molar-refractivity contribution >= 4 is 46.6 Å². The zero-order chi connectivity index (χ0) is 17.0. The summed E-state index contributed by atoms with van der Waals surface area (Å²) < 4.78 is 0. The molecule has 0 unspecified atom stereocenters. The molecule has 2 aromatic carbocycles. The minimum absolute atomic E-state index is 0.0486. The predicted molar refractivity (Wildman–Crippen MR) is 92.0 cm³/mol. The van der Waals surface area contributed by atoms with Gasteiger partial charge < -0.3 is 5.32 Å². The number of nitro groups is 1. The van der Waals surface area contributed by atoms with Crippen LogP contribution in [0.2, 0.25) is 10.0 Å². The fourth-order valence-electron chi connectivity index (χ4n) is 1.87. The molecule has 0 aliphatic heterocycles. The molecular weight excluding hydrogens is 339 g/mol. The molecule has 5 nitrogen and oxygen atoms in total. The summed E-state index contributed by atoms with van der Waals surface area (Å²) in [6.45, 7) is 1.63. The highest BCUT2D eigenvalue weighted by Gasteiger charge is 2.11. The van der Waals surface area contributed by atoms with E-state index in [1.807, 2.05) is 0 Å². The predicted octanol–water partition coefficient (Wildman–Crippen LogP) is 4.86. The zero-order valence-electron chi connectivity index (χ0n) is 12.0. The molecule has 0 heterocycles. The molecule has 0 atom stereocenters. The quantitative estimate of drug-likeness (QED) is 0.486. The van der Waals surface area contributed by atoms with E-state index < -0.39 is 10.8 Å². The number of anilines is 1. The topological polar surface area (TPSA) is 72.2 Å². The Morgan fingerprint density at radius 2 is 1.96 bits per heavy atom. The maximum atomic E-state index is 11.9. The van der Waals surface area contributed by atoms with Gasteiger partial charge in [-0.05, 0) is 36.8 Å². The minimum atomic E-state index is -0.492. The van der Waals surface area contributed by atoms with Gasteiger partial charge in [-0.1, -0.05) is 35.3 Å². The van der Waals surface area contributed by atoms with Gasteiger partial charge in [0.1, 0.15) is 0 Å². The van der Waals surface area contributed by atoms with Gasteiger partial charge in [0.05, 0.1) is 4.92 Å². The lowest BCUT2D eigenvalue weighted by atomic mass is 10.2. The standard InChI is InChI=1S/C16H12Cl2N2O3/c1-10-2-6-13(9-15(10)20(22)23)19-16(21)7-4-11-3-5-12(17)8-14(11)18/h2-9H,1H3,(H,19,21)/b7-4-. The van der Waals surface area contributed by atoms with Crippen molar-refractivity contribution in [3.8, 4) is 0 Å². The maximum Gasteiger partial charge on any atom is 0.274 e. The van der Waals surface area contributed by atoms with Gasteiger partial charge in [-0.3, -0.25) is 14.9 Å². The van der Waals surface area contributed by atoms with Crippen molar-refractivity contribution < 1.29 is 9.72 Å². The number of nitrogens with zero attached hydrogens (tertiary/aromatic N) is 1. The van der Waals surface area contributed by atoms with E-state index in [2.05, 4.69) is 5.32 Å². The van der Waals surface area contributed by atoms with Crippen LogP contribution >= 0.6 is 23.2 Å². The van der Waals surface area contributed by atoms with Gasteiger partial charge in [-0.25, -0.2) is 0 Å². The number of halogens is 2. The molecule has 1 N–H and O–H groups in total. The molecule has 23 heavy (non-hydrogen) atoms. The van der Waals surface area contributed by atoms with Crippen LogP contribution in [0.1, 0.15) is 11.1 Å². The normalized spacial score (nSPS) is 10.7. The molecule has 0 saturated heterocycles. The lowest BCUT2D eigenvalue weighted by Gasteiger charge is -2.04. The fourth-order valence-corrected chi connectivity index (χ4v) is 2.34. The third-order valence-corrected chi connectivity index (χ3v) is 3.61. The Morgan fingerprint density at radius 3 is 2.61 bits per heavy atom. The summed E-state index contributed by atoms with van der Waals surface area (Å²) in [6.07, 6.45) is 2.83. The largest absolute Gasteiger partial charge is 0.322 e. The van der Waals surface area contributed by atoms with Crippen LogP contribution < -0.4 is 5.32 Å². The Bertz CT molecular complexity index is 804. The first-order chi connectivity index (χ1) is 10.9. The lowest BCUT2D eigenvalue weighted by Crippen LogP contribution is -2.08. The summed E-state index contributed by atoms with van der Waals surface area (Å²) in [6, 6.07) is 9.41. The smallest absolute Gasteiger partial charge is 0.274 e. The molecule has 0 saturated carbocycles. The summed E-state index contributed by atoms with van der Waals surface area (Å²) in [4.78, 5) is 22.3. The third kappa shape index (κ3) is 4.55. The first-order valence-electron chi connectivity index (χ1n) is 6.56. The van der Waals surface area contributed by atoms with Gasteiger partial charge in [0.2, 0.25) is 5.91 Å². The number of hydrogen-bond donors (Lipinski definition) is 1. The molecular formula is C16H12Cl2N2O3. The highest BCUT2D eigenvalue weighted by Crippen LogP contribution is 2.23. The van der Waals surface area contributed by atoms with Crippen molar-refractivity contribution in [2.75, 3.05) is 5.32 Å². The molecule has 0 aliphatic carbocycles. The summed E-state index contributed by atoms with van der Waals surface area (Å²) in [5, 5.41) is 14.4. The van der Waals surface area contributed by atoms with Crippen LogP contribution in [0, 0.1) is 17.0 Å². The van der Waals surface area contributed by atoms with E-state index in [0.717, 1.165) is 0 Å². The second-order valence-electron chi connectivity index (χ2n) is 4.75. The molecule has 0 aliphatic rings. The average molecular weight is 351 g/mol. The van der Waals surface area contributed by atoms with Crippen LogP contribution in [-0.2, 0) is 4.79 Å². The number of carbonyl (C=O) groups excluding carboxylic acids is 1. The summed E-state index contributed by atoms with van der Waals surface area (Å²) in [5.74, 6) is -0.422. The summed E-state index contributed by atoms with van der Waals surface area (Å²) in [7, 11) is 0. The number of aryl methyl sites for hydroxylation is 1. The zero-order valence-corrected chi connectivity index (χ0v) is 13.6. The Kier molecular flexibility index (Phi) is 5.36. The molecule has 0 spiro atoms. The molecule has 0 fully saturated rings. The molecule has 7 heteroatoms. The van der Waals surface area contributed by atoms with Crippen LogP contribution in [0.15, 0.2) is 42.5 Å². The minimum Gasteiger partial charge on any atom is -0.322 e. The second-order valence-corrected chi connectivity index (χ2v) is 5.59. The molecule has 0 radical (unpaired) electrons. The number of rotatable bonds is 4. The number of carbonyl (C=O) groups is 1. The monoisotopic (exact) mass is 350 g/mol. The maximum absolute atomic E-state index is 11.9. The molecule has 1 amide bonds. The van der Waals surface area contributed by atoms with Gasteiger partial charge in [-0.15, -0.1) is 0 Å². The van der Waals surface area contributed by atoms with Gasteiger partial charge in [0, 0.05) is 33.4 Å². The van der Waals surface area contributed by atoms with Crippen LogP contribution in [-0.4, -0.2) is 10.8 Å². The van der Waals surface area contributed by atoms with Crippen molar-refractivity contribution in [1.29, 1.82) is 0 Å². The molecule has 2 aromatic rings. The molecule has 0 bridgehead atoms. The number of amides is 1. The van der Waals surface area contributed by atoms with Crippen molar-refractivity contribution in [2.45, 2.75) is 6.92 Å². The van der Waals surface area contributed by atoms with E-state index in [9.17, 15) is 14.9 Å². The highest BCUT2D eigenvalue weighted by molar-refractivity contribution is 6.35. The van der Waals surface area contributed by atoms with Crippen LogP contribution in [0.25, 0.3) is 6.08 Å². The number of benzene rings is 2. The molecule has 2 rings (SSSR count). The fraction of sp³-hybridized carbons (Fsp3) is 0.0625. The van der Waals surface area contributed by atoms with Crippen molar-refractivity contribution in [2.24, 2.45) is 0 Å². The van der Waals surface area contributed by atoms with E-state index in [0.29, 0.717) is 26.9 Å². The van der Waals surface area contributed by atoms with Crippen LogP contribution in [0.5, 0.6) is 0 Å². The second kappa shape index (κ2) is 7.26. The van der Waals surface area contributed by atoms with E-state index in [-0.39, 0.29) is 5.69 Å². The van der Waals surface area contributed by atoms with E-state index in [1.165, 1.54) is 18.2 Å². The van der Waals surface area contributed by atoms with Crippen molar-refractivity contribution in [3.05, 3.63) is 73.8 Å². The van der Waals surface area contributed by atoms with E-state index in [4.69, 9.17) is 23.2 Å². The van der Waals surface area contributed by atoms with Gasteiger partial charge >= 0.3 is 0 Å². The van der Waals surface area contributed by atoms with Gasteiger partial charge in [0.15, 0.2) is 0 Å². The Hall–Kier alpha value is -2.37. The average Bonchev–Trinajstić information content (AvgIpc) is 2.48. The lowest BCUT2D eigenvalue weighted by molar-refractivity contribution is -0.385. The molecule has 118 valence electrons. The summed E-state index contributed by atoms with van der Waals surface area (Å²) >= 11 is 11.8. The van der Waals surface area contributed by atoms with Crippen LogP contribution in [0.3, 0.4) is 0 Å². The summed E-state index contributed by atoms with van der Waals surface area (Å²) in [5.41, 5.74) is 1.46. The van der Waals surface area contributed by atoms with Gasteiger partial charge in [0.25, 0.3) is 5.69 Å². The Morgan fingerprint density at radius 1 is 1.22 bits per heavy atom. The van der Waals surface area contributed by atoms with Crippen LogP contribution in [0.4, 0.5) is 11.4 Å². The highest BCUT2D eigenvalue weighted by atomic mass is 35.5. The van der Waals surface area contributed by atoms with Crippen molar-refractivity contribution in [3.63, 3.8) is 0 Å². The van der Waals surface area contributed by atoms with E-state index in [1.54, 1.807) is 37.3 Å². The van der Waals surface area contributed by atoms with Crippen molar-refractivity contribution in [1.82, 2.24) is 0 Å². The number of nitrogens with one attached hydrogen (secondary N) is 1. The number of nitro benzene ring substituents is 1. The van der Waals surface area contributed by atoms with E-state index >= 15 is 0 Å². The Labute approximate surface area is 142 Å². The number of hydrogen-bond acceptors (Lipinski definition) is 3. The van der Waals surface area contributed by atoms with Gasteiger partial charge in [-0.2, -0.15) is 0 Å². The Balaban J connectivity index is 2.12.